The number of hydrogen-bond donors (Lipinski definition) is 1. The van der Waals surface area contributed by atoms with Gasteiger partial charge in [-0.25, -0.2) is 0 Å². The zero-order valence-corrected chi connectivity index (χ0v) is 14.3. The van der Waals surface area contributed by atoms with Crippen LogP contribution in [0.5, 0.6) is 0 Å². The number of aliphatic hydroxyl groups is 1. The Bertz CT molecular complexity index is 552. The Morgan fingerprint density at radius 2 is 1.76 bits per heavy atom. The van der Waals surface area contributed by atoms with Gasteiger partial charge >= 0.3 is 0 Å². The number of aldehydes is 1. The third kappa shape index (κ3) is 3.92. The van der Waals surface area contributed by atoms with Crippen molar-refractivity contribution in [2.75, 3.05) is 14.2 Å². The normalized spacial score (nSPS) is 38.1. The molecule has 0 aromatic heterocycles. The molecule has 0 bridgehead atoms. The predicted molar refractivity (Wildman–Crippen MR) is 86.5 cm³/mol. The van der Waals surface area contributed by atoms with Crippen LogP contribution in [0.2, 0.25) is 0 Å². The lowest BCUT2D eigenvalue weighted by Gasteiger charge is -2.48. The maximum atomic E-state index is 11.5. The average molecular weight is 352 g/mol. The first kappa shape index (κ1) is 18.4. The second-order valence-corrected chi connectivity index (χ2v) is 6.27. The maximum absolute atomic E-state index is 11.5. The van der Waals surface area contributed by atoms with Crippen molar-refractivity contribution in [1.29, 1.82) is 0 Å². The Morgan fingerprint density at radius 1 is 1.12 bits per heavy atom. The topological polar surface area (TPSA) is 83.5 Å². The summed E-state index contributed by atoms with van der Waals surface area (Å²) in [5.74, 6) is -0.454. The molecular weight excluding hydrogens is 328 g/mol. The van der Waals surface area contributed by atoms with Crippen molar-refractivity contribution >= 4 is 6.29 Å². The Balaban J connectivity index is 1.70. The molecular formula is C18H24O7. The minimum Gasteiger partial charge on any atom is -0.388 e. The third-order valence-electron chi connectivity index (χ3n) is 4.72. The summed E-state index contributed by atoms with van der Waals surface area (Å²) in [5.41, 5.74) is 0.995. The van der Waals surface area contributed by atoms with E-state index in [-0.39, 0.29) is 0 Å². The standard InChI is InChI=1S/C18H24O7/c1-21-17-18(22-2)25-16-14(20)13(8-12(9-19)15(16)24-17)23-10-11-6-4-3-5-7-11/h3-7,9,12-18,20H,8,10H2,1-2H3/t12-,13+,14-,15+,16+,17+,18+/m1/s1. The number of carbonyl (C=O) groups excluding carboxylic acids is 1. The van der Waals surface area contributed by atoms with E-state index < -0.39 is 42.9 Å². The van der Waals surface area contributed by atoms with Crippen molar-refractivity contribution in [2.24, 2.45) is 5.92 Å². The average Bonchev–Trinajstić information content (AvgIpc) is 2.67. The number of benzene rings is 1. The van der Waals surface area contributed by atoms with Crippen molar-refractivity contribution in [3.63, 3.8) is 0 Å². The molecule has 1 saturated carbocycles. The molecule has 138 valence electrons. The van der Waals surface area contributed by atoms with Gasteiger partial charge in [0, 0.05) is 20.1 Å². The molecule has 0 radical (unpaired) electrons. The van der Waals surface area contributed by atoms with E-state index in [4.69, 9.17) is 23.7 Å². The van der Waals surface area contributed by atoms with E-state index in [2.05, 4.69) is 0 Å². The quantitative estimate of drug-likeness (QED) is 0.761. The summed E-state index contributed by atoms with van der Waals surface area (Å²) in [7, 11) is 2.94. The zero-order chi connectivity index (χ0) is 17.8. The lowest BCUT2D eigenvalue weighted by molar-refractivity contribution is -0.377. The monoisotopic (exact) mass is 352 g/mol. The van der Waals surface area contributed by atoms with Gasteiger partial charge in [0.1, 0.15) is 18.5 Å². The van der Waals surface area contributed by atoms with Gasteiger partial charge in [0.2, 0.25) is 12.6 Å². The maximum Gasteiger partial charge on any atom is 0.209 e. The van der Waals surface area contributed by atoms with Gasteiger partial charge in [-0.2, -0.15) is 0 Å². The lowest BCUT2D eigenvalue weighted by Crippen LogP contribution is -2.63. The molecule has 1 aromatic carbocycles. The number of ether oxygens (including phenoxy) is 5. The molecule has 7 heteroatoms. The fraction of sp³-hybridized carbons (Fsp3) is 0.611. The molecule has 0 amide bonds. The van der Waals surface area contributed by atoms with Crippen LogP contribution in [0.4, 0.5) is 0 Å². The second-order valence-electron chi connectivity index (χ2n) is 6.27. The summed E-state index contributed by atoms with van der Waals surface area (Å²) in [6.07, 6.45) is -3.12. The van der Waals surface area contributed by atoms with Crippen LogP contribution in [0.15, 0.2) is 30.3 Å². The highest BCUT2D eigenvalue weighted by atomic mass is 16.8. The fourth-order valence-corrected chi connectivity index (χ4v) is 3.38. The number of aliphatic hydroxyl groups excluding tert-OH is 1. The Morgan fingerprint density at radius 3 is 2.36 bits per heavy atom. The van der Waals surface area contributed by atoms with Gasteiger partial charge in [0.15, 0.2) is 0 Å². The van der Waals surface area contributed by atoms with E-state index >= 15 is 0 Å². The molecule has 2 fully saturated rings. The minimum atomic E-state index is -0.930. The van der Waals surface area contributed by atoms with Crippen molar-refractivity contribution in [2.45, 2.75) is 50.0 Å². The van der Waals surface area contributed by atoms with Crippen LogP contribution < -0.4 is 0 Å². The lowest BCUT2D eigenvalue weighted by atomic mass is 9.80. The summed E-state index contributed by atoms with van der Waals surface area (Å²) in [6, 6.07) is 9.66. The molecule has 0 unspecified atom stereocenters. The second kappa shape index (κ2) is 8.35. The number of hydrogen-bond acceptors (Lipinski definition) is 7. The molecule has 1 N–H and O–H groups in total. The molecule has 0 spiro atoms. The molecule has 2 aliphatic rings. The highest BCUT2D eigenvalue weighted by molar-refractivity contribution is 5.55. The van der Waals surface area contributed by atoms with Gasteiger partial charge in [-0.3, -0.25) is 0 Å². The van der Waals surface area contributed by atoms with Gasteiger partial charge in [-0.05, 0) is 12.0 Å². The molecule has 1 saturated heterocycles. The first-order chi connectivity index (χ1) is 12.2. The summed E-state index contributed by atoms with van der Waals surface area (Å²) in [5, 5.41) is 10.7. The van der Waals surface area contributed by atoms with E-state index in [0.29, 0.717) is 13.0 Å². The first-order valence-corrected chi connectivity index (χ1v) is 8.33. The summed E-state index contributed by atoms with van der Waals surface area (Å²) < 4.78 is 27.9. The molecule has 1 aliphatic heterocycles. The van der Waals surface area contributed by atoms with E-state index in [0.717, 1.165) is 11.8 Å². The van der Waals surface area contributed by atoms with Gasteiger partial charge in [0.25, 0.3) is 0 Å². The Hall–Kier alpha value is -1.35. The van der Waals surface area contributed by atoms with E-state index in [9.17, 15) is 9.90 Å². The van der Waals surface area contributed by atoms with Crippen LogP contribution in [0.1, 0.15) is 12.0 Å². The smallest absolute Gasteiger partial charge is 0.209 e. The Kier molecular flexibility index (Phi) is 6.16. The van der Waals surface area contributed by atoms with Crippen LogP contribution in [0.3, 0.4) is 0 Å². The van der Waals surface area contributed by atoms with Crippen LogP contribution in [0.25, 0.3) is 0 Å². The molecule has 1 heterocycles. The molecule has 7 atom stereocenters. The van der Waals surface area contributed by atoms with Crippen molar-refractivity contribution < 1.29 is 33.6 Å². The van der Waals surface area contributed by atoms with Crippen LogP contribution >= 0.6 is 0 Å². The first-order valence-electron chi connectivity index (χ1n) is 8.33. The molecule has 3 rings (SSSR count). The summed E-state index contributed by atoms with van der Waals surface area (Å²) >= 11 is 0. The molecule has 7 nitrogen and oxygen atoms in total. The predicted octanol–water partition coefficient (Wildman–Crippen LogP) is 0.880. The molecule has 1 aromatic rings. The third-order valence-corrected chi connectivity index (χ3v) is 4.72. The highest BCUT2D eigenvalue weighted by Crippen LogP contribution is 2.36. The van der Waals surface area contributed by atoms with Crippen molar-refractivity contribution in [3.05, 3.63) is 35.9 Å². The van der Waals surface area contributed by atoms with E-state index in [1.54, 1.807) is 0 Å². The fourth-order valence-electron chi connectivity index (χ4n) is 3.38. The highest BCUT2D eigenvalue weighted by Gasteiger charge is 2.52. The van der Waals surface area contributed by atoms with Gasteiger partial charge in [-0.1, -0.05) is 30.3 Å². The van der Waals surface area contributed by atoms with Crippen LogP contribution in [-0.4, -0.2) is 62.6 Å². The van der Waals surface area contributed by atoms with Crippen molar-refractivity contribution in [3.8, 4) is 0 Å². The summed E-state index contributed by atoms with van der Waals surface area (Å²) in [6.45, 7) is 0.348. The molecule has 1 aliphatic carbocycles. The minimum absolute atomic E-state index is 0.348. The van der Waals surface area contributed by atoms with Gasteiger partial charge in [-0.15, -0.1) is 0 Å². The van der Waals surface area contributed by atoms with Gasteiger partial charge in [0.05, 0.1) is 18.8 Å². The van der Waals surface area contributed by atoms with E-state index in [1.165, 1.54) is 14.2 Å². The largest absolute Gasteiger partial charge is 0.388 e. The number of rotatable bonds is 6. The van der Waals surface area contributed by atoms with E-state index in [1.807, 2.05) is 30.3 Å². The number of carbonyl (C=O) groups is 1. The SMILES string of the molecule is CO[C@H]1O[C@@H]2[C@@H](O[C@@H]1OC)[C@H](O)[C@@H](OCc1ccccc1)C[C@@H]2C=O. The van der Waals surface area contributed by atoms with Crippen molar-refractivity contribution in [1.82, 2.24) is 0 Å². The zero-order valence-electron chi connectivity index (χ0n) is 14.3. The number of methoxy groups -OCH3 is 2. The molecule has 25 heavy (non-hydrogen) atoms. The Labute approximate surface area is 146 Å². The van der Waals surface area contributed by atoms with Gasteiger partial charge < -0.3 is 33.6 Å². The van der Waals surface area contributed by atoms with Crippen LogP contribution in [-0.2, 0) is 35.1 Å². The van der Waals surface area contributed by atoms with Crippen LogP contribution in [0, 0.1) is 5.92 Å². The number of fused-ring (bicyclic) bond motifs is 1. The summed E-state index contributed by atoms with van der Waals surface area (Å²) in [4.78, 5) is 11.5.